The summed E-state index contributed by atoms with van der Waals surface area (Å²) in [5.74, 6) is 0. The van der Waals surface area contributed by atoms with Crippen molar-refractivity contribution in [2.24, 2.45) is 0 Å². The average Bonchev–Trinajstić information content (AvgIpc) is 3.67. The number of para-hydroxylation sites is 1. The van der Waals surface area contributed by atoms with E-state index < -0.39 is 0 Å². The molecule has 0 N–H and O–H groups in total. The molecule has 1 aromatic heterocycles. The minimum Gasteiger partial charge on any atom is -0.310 e. The zero-order valence-electron chi connectivity index (χ0n) is 30.1. The Morgan fingerprint density at radius 2 is 1.15 bits per heavy atom. The first-order valence-corrected chi connectivity index (χ1v) is 18.7. The predicted molar refractivity (Wildman–Crippen MR) is 224 cm³/mol. The highest BCUT2D eigenvalue weighted by molar-refractivity contribution is 5.94. The number of aryl methyl sites for hydroxylation is 1. The molecule has 2 nitrogen and oxygen atoms in total. The largest absolute Gasteiger partial charge is 0.310 e. The molecule has 0 spiro atoms. The van der Waals surface area contributed by atoms with Gasteiger partial charge in [0.25, 0.3) is 0 Å². The van der Waals surface area contributed by atoms with Crippen LogP contribution in [-0.2, 0) is 11.8 Å². The van der Waals surface area contributed by atoms with E-state index >= 15 is 0 Å². The molecule has 0 atom stereocenters. The number of hydrogen-bond donors (Lipinski definition) is 0. The van der Waals surface area contributed by atoms with Crippen LogP contribution in [0, 0.1) is 0 Å². The molecule has 0 bridgehead atoms. The molecule has 1 heterocycles. The van der Waals surface area contributed by atoms with Crippen LogP contribution in [0.15, 0.2) is 176 Å². The third kappa shape index (κ3) is 5.17. The molecular weight excluding hydrogens is 641 g/mol. The quantitative estimate of drug-likeness (QED) is 0.170. The van der Waals surface area contributed by atoms with E-state index in [1.54, 1.807) is 0 Å². The number of aromatic nitrogens is 1. The van der Waals surface area contributed by atoms with Crippen LogP contribution >= 0.6 is 0 Å². The molecule has 2 aliphatic rings. The van der Waals surface area contributed by atoms with E-state index in [1.165, 1.54) is 72.4 Å². The van der Waals surface area contributed by atoms with E-state index in [0.717, 1.165) is 29.9 Å². The van der Waals surface area contributed by atoms with Crippen molar-refractivity contribution in [3.8, 4) is 39.1 Å². The molecule has 254 valence electrons. The van der Waals surface area contributed by atoms with E-state index in [4.69, 9.17) is 0 Å². The van der Waals surface area contributed by atoms with E-state index in [9.17, 15) is 0 Å². The first-order valence-electron chi connectivity index (χ1n) is 18.7. The summed E-state index contributed by atoms with van der Waals surface area (Å²) in [6, 6.07) is 62.4. The lowest BCUT2D eigenvalue weighted by molar-refractivity contribution is 0.660. The van der Waals surface area contributed by atoms with Crippen molar-refractivity contribution < 1.29 is 0 Å². The van der Waals surface area contributed by atoms with Crippen molar-refractivity contribution in [2.45, 2.75) is 32.1 Å². The SMILES string of the molecule is CC1(C)c2ccccc2-c2ccc(N(c3ccc(-c4ccc5c(c4)c4c(n5-c5ccccc5)C=CCC4)cc3)c3cccc(-c4ccccc4)c3)cc21. The zero-order chi connectivity index (χ0) is 35.5. The molecule has 7 aromatic carbocycles. The first kappa shape index (κ1) is 31.4. The van der Waals surface area contributed by atoms with Gasteiger partial charge in [-0.3, -0.25) is 0 Å². The van der Waals surface area contributed by atoms with Crippen LogP contribution < -0.4 is 4.90 Å². The molecule has 53 heavy (non-hydrogen) atoms. The molecule has 0 saturated carbocycles. The number of hydrogen-bond acceptors (Lipinski definition) is 1. The van der Waals surface area contributed by atoms with Gasteiger partial charge in [-0.2, -0.15) is 0 Å². The Balaban J connectivity index is 1.08. The second-order valence-corrected chi connectivity index (χ2v) is 14.9. The van der Waals surface area contributed by atoms with Gasteiger partial charge in [0, 0.05) is 39.2 Å². The maximum Gasteiger partial charge on any atom is 0.0538 e. The predicted octanol–water partition coefficient (Wildman–Crippen LogP) is 13.7. The second kappa shape index (κ2) is 12.4. The van der Waals surface area contributed by atoms with Gasteiger partial charge in [-0.1, -0.05) is 129 Å². The third-order valence-corrected chi connectivity index (χ3v) is 11.5. The van der Waals surface area contributed by atoms with Crippen LogP contribution in [0.5, 0.6) is 0 Å². The van der Waals surface area contributed by atoms with Crippen LogP contribution in [0.3, 0.4) is 0 Å². The Hall–Kier alpha value is -6.38. The Kier molecular flexibility index (Phi) is 7.33. The van der Waals surface area contributed by atoms with E-state index in [2.05, 4.69) is 205 Å². The van der Waals surface area contributed by atoms with Crippen LogP contribution in [0.25, 0.3) is 56.0 Å². The fourth-order valence-corrected chi connectivity index (χ4v) is 8.81. The monoisotopic (exact) mass is 680 g/mol. The number of anilines is 3. The van der Waals surface area contributed by atoms with Crippen LogP contribution in [0.1, 0.15) is 42.7 Å². The number of fused-ring (bicyclic) bond motifs is 6. The molecule has 0 amide bonds. The van der Waals surface area contributed by atoms with E-state index in [0.29, 0.717) is 0 Å². The summed E-state index contributed by atoms with van der Waals surface area (Å²) in [5.41, 5.74) is 18.8. The van der Waals surface area contributed by atoms with Crippen molar-refractivity contribution in [1.82, 2.24) is 4.57 Å². The van der Waals surface area contributed by atoms with Gasteiger partial charge in [0.05, 0.1) is 5.52 Å². The van der Waals surface area contributed by atoms with Gasteiger partial charge < -0.3 is 9.47 Å². The summed E-state index contributed by atoms with van der Waals surface area (Å²) in [6.45, 7) is 4.71. The standard InChI is InChI=1S/C51H40N2/c1-51(2)47-22-11-9-20-43(47)44-30-29-42(34-48(44)51)52(41-19-13-16-37(32-41)35-14-5-3-6-15-35)40-27-24-36(25-28-40)38-26-31-50-46(33-38)45-21-10-12-23-49(45)53(50)39-17-7-4-8-18-39/h3-9,11-20,22-34H,10,21H2,1-2H3. The fraction of sp³-hybridized carbons (Fsp3) is 0.0980. The lowest BCUT2D eigenvalue weighted by Gasteiger charge is -2.28. The second-order valence-electron chi connectivity index (χ2n) is 14.9. The third-order valence-electron chi connectivity index (χ3n) is 11.5. The van der Waals surface area contributed by atoms with Gasteiger partial charge in [0.1, 0.15) is 0 Å². The highest BCUT2D eigenvalue weighted by Crippen LogP contribution is 2.51. The lowest BCUT2D eigenvalue weighted by Crippen LogP contribution is -2.16. The Morgan fingerprint density at radius 1 is 0.509 bits per heavy atom. The highest BCUT2D eigenvalue weighted by atomic mass is 15.1. The lowest BCUT2D eigenvalue weighted by atomic mass is 9.82. The average molecular weight is 681 g/mol. The van der Waals surface area contributed by atoms with Crippen LogP contribution in [0.4, 0.5) is 17.1 Å². The summed E-state index contributed by atoms with van der Waals surface area (Å²) >= 11 is 0. The molecule has 0 fully saturated rings. The van der Waals surface area contributed by atoms with Gasteiger partial charge in [-0.05, 0) is 130 Å². The molecule has 8 aromatic rings. The minimum absolute atomic E-state index is 0.0869. The van der Waals surface area contributed by atoms with Crippen molar-refractivity contribution in [3.05, 3.63) is 198 Å². The number of benzene rings is 7. The molecule has 0 radical (unpaired) electrons. The maximum atomic E-state index is 2.42. The molecule has 2 aliphatic carbocycles. The van der Waals surface area contributed by atoms with Crippen LogP contribution in [0.2, 0.25) is 0 Å². The molecule has 0 unspecified atom stereocenters. The summed E-state index contributed by atoms with van der Waals surface area (Å²) in [5, 5.41) is 1.34. The van der Waals surface area contributed by atoms with Gasteiger partial charge >= 0.3 is 0 Å². The molecule has 10 rings (SSSR count). The Labute approximate surface area is 311 Å². The number of rotatable bonds is 6. The highest BCUT2D eigenvalue weighted by Gasteiger charge is 2.35. The topological polar surface area (TPSA) is 8.17 Å². The normalized spacial score (nSPS) is 13.8. The summed E-state index contributed by atoms with van der Waals surface area (Å²) < 4.78 is 2.42. The zero-order valence-corrected chi connectivity index (χ0v) is 30.1. The molecule has 2 heteroatoms. The van der Waals surface area contributed by atoms with E-state index in [-0.39, 0.29) is 5.41 Å². The van der Waals surface area contributed by atoms with Crippen molar-refractivity contribution in [1.29, 1.82) is 0 Å². The van der Waals surface area contributed by atoms with E-state index in [1.807, 2.05) is 0 Å². The maximum absolute atomic E-state index is 2.42. The summed E-state index contributed by atoms with van der Waals surface area (Å²) in [7, 11) is 0. The van der Waals surface area contributed by atoms with Crippen LogP contribution in [-0.4, -0.2) is 4.57 Å². The van der Waals surface area contributed by atoms with Crippen molar-refractivity contribution >= 4 is 34.0 Å². The smallest absolute Gasteiger partial charge is 0.0538 e. The number of nitrogens with zero attached hydrogens (tertiary/aromatic N) is 2. The Bertz CT molecular complexity index is 2680. The first-order chi connectivity index (χ1) is 26.0. The van der Waals surface area contributed by atoms with Gasteiger partial charge in [0.2, 0.25) is 0 Å². The van der Waals surface area contributed by atoms with Crippen molar-refractivity contribution in [3.63, 3.8) is 0 Å². The van der Waals surface area contributed by atoms with Crippen molar-refractivity contribution in [2.75, 3.05) is 4.90 Å². The minimum atomic E-state index is -0.0869. The molecule has 0 aliphatic heterocycles. The molecular formula is C51H40N2. The van der Waals surface area contributed by atoms with Gasteiger partial charge in [-0.15, -0.1) is 0 Å². The Morgan fingerprint density at radius 3 is 1.98 bits per heavy atom. The summed E-state index contributed by atoms with van der Waals surface area (Å²) in [6.07, 6.45) is 6.75. The fourth-order valence-electron chi connectivity index (χ4n) is 8.81. The van der Waals surface area contributed by atoms with Gasteiger partial charge in [-0.25, -0.2) is 0 Å². The molecule has 0 saturated heterocycles. The van der Waals surface area contributed by atoms with Gasteiger partial charge in [0.15, 0.2) is 0 Å². The summed E-state index contributed by atoms with van der Waals surface area (Å²) in [4.78, 5) is 2.42. The number of allylic oxidation sites excluding steroid dienone is 1.